The molecular weight excluding hydrogens is 420 g/mol. The number of amides is 2. The van der Waals surface area contributed by atoms with E-state index in [4.69, 9.17) is 4.74 Å². The van der Waals surface area contributed by atoms with Gasteiger partial charge in [0, 0.05) is 23.6 Å². The molecule has 0 spiro atoms. The largest absolute Gasteiger partial charge is 0.394 e. The molecule has 162 valence electrons. The number of hydrogen-bond donors (Lipinski definition) is 6. The molecule has 2 rings (SSSR count). The van der Waals surface area contributed by atoms with Gasteiger partial charge in [0.15, 0.2) is 0 Å². The summed E-state index contributed by atoms with van der Waals surface area (Å²) in [5.74, 6) is 0.146. The molecule has 29 heavy (non-hydrogen) atoms. The number of aliphatic hydroxyl groups excluding tert-OH is 4. The molecule has 0 aromatic heterocycles. The van der Waals surface area contributed by atoms with E-state index in [2.05, 4.69) is 10.6 Å². The molecule has 9 nitrogen and oxygen atoms in total. The minimum atomic E-state index is -1.49. The van der Waals surface area contributed by atoms with Gasteiger partial charge < -0.3 is 35.8 Å². The zero-order chi connectivity index (χ0) is 21.7. The van der Waals surface area contributed by atoms with Crippen LogP contribution in [0.5, 0.6) is 0 Å². The highest BCUT2D eigenvalue weighted by Crippen LogP contribution is 2.42. The number of hydrogen-bond acceptors (Lipinski definition) is 9. The van der Waals surface area contributed by atoms with Crippen molar-refractivity contribution in [2.24, 2.45) is 0 Å². The third-order valence-electron chi connectivity index (χ3n) is 4.09. The number of carbonyl (C=O) groups excluding carboxylic acids is 2. The van der Waals surface area contributed by atoms with Crippen molar-refractivity contribution in [3.63, 3.8) is 0 Å². The summed E-state index contributed by atoms with van der Waals surface area (Å²) in [5.41, 5.74) is -0.0703. The number of rotatable bonds is 7. The molecule has 1 aromatic rings. The fourth-order valence-corrected chi connectivity index (χ4v) is 4.82. The maximum Gasteiger partial charge on any atom is 0.221 e. The quantitative estimate of drug-likeness (QED) is 0.331. The summed E-state index contributed by atoms with van der Waals surface area (Å²) >= 11 is 2.52. The molecule has 1 aromatic carbocycles. The standard InChI is InChI=1S/C18H26N2O7S2/c1-4-28-13-6-14(11(20-9(3)23)5-10(13)19-8(2)22)29-18-17(26)16(25)15(24)12(7-21)27-18/h5-6,12,15-18,21,24-26H,4,7H2,1-3H3,(H,19,22)(H,20,23)/t12-,15+,16+,17-,18+/m1/s1. The molecule has 6 N–H and O–H groups in total. The number of carbonyl (C=O) groups is 2. The second kappa shape index (κ2) is 10.6. The summed E-state index contributed by atoms with van der Waals surface area (Å²) in [7, 11) is 0. The summed E-state index contributed by atoms with van der Waals surface area (Å²) in [6, 6.07) is 3.37. The van der Waals surface area contributed by atoms with E-state index in [1.54, 1.807) is 12.1 Å². The molecule has 11 heteroatoms. The van der Waals surface area contributed by atoms with Crippen LogP contribution in [0.4, 0.5) is 11.4 Å². The first-order chi connectivity index (χ1) is 13.7. The summed E-state index contributed by atoms with van der Waals surface area (Å²) < 4.78 is 5.55. The zero-order valence-electron chi connectivity index (χ0n) is 16.3. The molecule has 5 atom stereocenters. The molecule has 1 heterocycles. The smallest absolute Gasteiger partial charge is 0.221 e. The van der Waals surface area contributed by atoms with Gasteiger partial charge in [-0.1, -0.05) is 18.7 Å². The molecular formula is C18H26N2O7S2. The first-order valence-corrected chi connectivity index (χ1v) is 10.9. The van der Waals surface area contributed by atoms with Crippen LogP contribution in [-0.2, 0) is 14.3 Å². The Morgan fingerprint density at radius 2 is 1.59 bits per heavy atom. The van der Waals surface area contributed by atoms with Crippen molar-refractivity contribution in [3.8, 4) is 0 Å². The Balaban J connectivity index is 2.41. The van der Waals surface area contributed by atoms with Gasteiger partial charge in [-0.3, -0.25) is 9.59 Å². The highest BCUT2D eigenvalue weighted by atomic mass is 32.2. The van der Waals surface area contributed by atoms with Crippen LogP contribution in [0.25, 0.3) is 0 Å². The Hall–Kier alpha value is -1.34. The monoisotopic (exact) mass is 446 g/mol. The first-order valence-electron chi connectivity index (χ1n) is 9.01. The zero-order valence-corrected chi connectivity index (χ0v) is 17.9. The van der Waals surface area contributed by atoms with Gasteiger partial charge in [-0.15, -0.1) is 11.8 Å². The lowest BCUT2D eigenvalue weighted by Gasteiger charge is -2.39. The Morgan fingerprint density at radius 3 is 2.10 bits per heavy atom. The van der Waals surface area contributed by atoms with Gasteiger partial charge in [-0.2, -0.15) is 0 Å². The highest BCUT2D eigenvalue weighted by molar-refractivity contribution is 8.00. The fraction of sp³-hybridized carbons (Fsp3) is 0.556. The SMILES string of the molecule is CCSc1cc(S[C@@H]2O[C@H](CO)[C@H](O)[C@H](O)[C@H]2O)c(NC(C)=O)cc1NC(C)=O. The van der Waals surface area contributed by atoms with Crippen LogP contribution in [0.2, 0.25) is 0 Å². The Labute approximate surface area is 177 Å². The third-order valence-corrected chi connectivity index (χ3v) is 6.25. The second-order valence-electron chi connectivity index (χ2n) is 6.46. The number of thioether (sulfide) groups is 2. The lowest BCUT2D eigenvalue weighted by molar-refractivity contribution is -0.205. The van der Waals surface area contributed by atoms with Crippen molar-refractivity contribution in [2.75, 3.05) is 23.0 Å². The van der Waals surface area contributed by atoms with E-state index in [-0.39, 0.29) is 11.8 Å². The van der Waals surface area contributed by atoms with Crippen molar-refractivity contribution in [1.29, 1.82) is 0 Å². The number of ether oxygens (including phenoxy) is 1. The first kappa shape index (κ1) is 23.9. The third kappa shape index (κ3) is 6.07. The molecule has 2 amide bonds. The number of benzene rings is 1. The molecule has 0 aliphatic carbocycles. The lowest BCUT2D eigenvalue weighted by atomic mass is 10.0. The van der Waals surface area contributed by atoms with Crippen LogP contribution in [-0.4, -0.2) is 74.5 Å². The average Bonchev–Trinajstić information content (AvgIpc) is 2.64. The normalized spacial score (nSPS) is 26.8. The van der Waals surface area contributed by atoms with E-state index in [1.807, 2.05) is 6.92 Å². The van der Waals surface area contributed by atoms with Crippen LogP contribution in [0.3, 0.4) is 0 Å². The number of aliphatic hydroxyl groups is 4. The minimum Gasteiger partial charge on any atom is -0.394 e. The summed E-state index contributed by atoms with van der Waals surface area (Å²) in [5, 5.41) is 45.1. The van der Waals surface area contributed by atoms with Gasteiger partial charge in [0.05, 0.1) is 18.0 Å². The fourth-order valence-electron chi connectivity index (χ4n) is 2.80. The van der Waals surface area contributed by atoms with Crippen LogP contribution >= 0.6 is 23.5 Å². The Morgan fingerprint density at radius 1 is 1.00 bits per heavy atom. The van der Waals surface area contributed by atoms with Crippen LogP contribution in [0.1, 0.15) is 20.8 Å². The van der Waals surface area contributed by atoms with Crippen LogP contribution < -0.4 is 10.6 Å². The van der Waals surface area contributed by atoms with Gasteiger partial charge >= 0.3 is 0 Å². The van der Waals surface area contributed by atoms with Gasteiger partial charge in [0.2, 0.25) is 11.8 Å². The predicted octanol–water partition coefficient (Wildman–Crippen LogP) is 0.607. The van der Waals surface area contributed by atoms with E-state index in [9.17, 15) is 30.0 Å². The summed E-state index contributed by atoms with van der Waals surface area (Å²) in [4.78, 5) is 24.5. The lowest BCUT2D eigenvalue weighted by Crippen LogP contribution is -2.57. The molecule has 0 bridgehead atoms. The van der Waals surface area contributed by atoms with Gasteiger partial charge in [-0.25, -0.2) is 0 Å². The van der Waals surface area contributed by atoms with Crippen molar-refractivity contribution in [1.82, 2.24) is 0 Å². The molecule has 1 fully saturated rings. The van der Waals surface area contributed by atoms with E-state index < -0.39 is 36.5 Å². The van der Waals surface area contributed by atoms with Crippen LogP contribution in [0, 0.1) is 0 Å². The van der Waals surface area contributed by atoms with Crippen molar-refractivity contribution in [2.45, 2.75) is 60.4 Å². The molecule has 1 saturated heterocycles. The summed E-state index contributed by atoms with van der Waals surface area (Å²) in [6.45, 7) is 4.15. The molecule has 1 aliphatic rings. The molecule has 0 radical (unpaired) electrons. The van der Waals surface area contributed by atoms with Crippen molar-refractivity contribution >= 4 is 46.7 Å². The number of nitrogens with one attached hydrogen (secondary N) is 2. The minimum absolute atomic E-state index is 0.258. The topological polar surface area (TPSA) is 148 Å². The van der Waals surface area contributed by atoms with Crippen molar-refractivity contribution in [3.05, 3.63) is 12.1 Å². The molecule has 1 aliphatic heterocycles. The van der Waals surface area contributed by atoms with Gasteiger partial charge in [-0.05, 0) is 17.9 Å². The van der Waals surface area contributed by atoms with E-state index >= 15 is 0 Å². The molecule has 0 saturated carbocycles. The Bertz CT molecular complexity index is 747. The van der Waals surface area contributed by atoms with E-state index in [1.165, 1.54) is 25.6 Å². The average molecular weight is 447 g/mol. The summed E-state index contributed by atoms with van der Waals surface area (Å²) in [6.07, 6.45) is -5.39. The predicted molar refractivity (Wildman–Crippen MR) is 111 cm³/mol. The Kier molecular flexibility index (Phi) is 8.76. The van der Waals surface area contributed by atoms with Crippen LogP contribution in [0.15, 0.2) is 21.9 Å². The maximum absolute atomic E-state index is 11.7. The second-order valence-corrected chi connectivity index (χ2v) is 8.90. The van der Waals surface area contributed by atoms with E-state index in [0.717, 1.165) is 22.4 Å². The molecule has 0 unspecified atom stereocenters. The highest BCUT2D eigenvalue weighted by Gasteiger charge is 2.44. The van der Waals surface area contributed by atoms with E-state index in [0.29, 0.717) is 16.3 Å². The maximum atomic E-state index is 11.7. The van der Waals surface area contributed by atoms with Crippen molar-refractivity contribution < 1.29 is 34.8 Å². The van der Waals surface area contributed by atoms with Gasteiger partial charge in [0.1, 0.15) is 29.9 Å². The van der Waals surface area contributed by atoms with Gasteiger partial charge in [0.25, 0.3) is 0 Å². The number of anilines is 2.